The van der Waals surface area contributed by atoms with E-state index in [1.54, 1.807) is 38.3 Å². The minimum atomic E-state index is -0.406. The van der Waals surface area contributed by atoms with E-state index in [1.165, 1.54) is 23.1 Å². The number of nitrogens with zero attached hydrogens (tertiary/aromatic N) is 3. The standard InChI is InChI=1S/C29H28BrN5O5S2/c1-3-40-28(38)25-21-5-4-6-22(21)42-27(25)32-24(36)16-41-29-34-33-23(35(29)19-11-9-18(30)10-12-19)15-31-26(37)17-7-13-20(39-2)14-8-17/h7-14H,3-6,15-16H2,1-2H3,(H,31,37)(H,32,36). The van der Waals surface area contributed by atoms with Gasteiger partial charge < -0.3 is 20.1 Å². The van der Waals surface area contributed by atoms with Crippen molar-refractivity contribution in [3.8, 4) is 11.4 Å². The van der Waals surface area contributed by atoms with Gasteiger partial charge in [0.05, 0.1) is 31.6 Å². The Labute approximate surface area is 259 Å². The van der Waals surface area contributed by atoms with E-state index in [2.05, 4.69) is 36.8 Å². The number of aromatic nitrogens is 3. The number of rotatable bonds is 11. The smallest absolute Gasteiger partial charge is 0.341 e. The number of thiophene rings is 1. The SMILES string of the molecule is CCOC(=O)c1c(NC(=O)CSc2nnc(CNC(=O)c3ccc(OC)cc3)n2-c2ccc(Br)cc2)sc2c1CCC2. The molecule has 4 aromatic rings. The summed E-state index contributed by atoms with van der Waals surface area (Å²) in [6, 6.07) is 14.4. The number of anilines is 1. The summed E-state index contributed by atoms with van der Waals surface area (Å²) in [5, 5.41) is 15.5. The lowest BCUT2D eigenvalue weighted by Gasteiger charge is -2.12. The lowest BCUT2D eigenvalue weighted by Crippen LogP contribution is -2.24. The fraction of sp³-hybridized carbons (Fsp3) is 0.276. The van der Waals surface area contributed by atoms with E-state index >= 15 is 0 Å². The summed E-state index contributed by atoms with van der Waals surface area (Å²) in [5.74, 6) is 0.254. The Hall–Kier alpha value is -3.68. The normalized spacial score (nSPS) is 12.1. The molecule has 0 radical (unpaired) electrons. The molecule has 1 aliphatic carbocycles. The van der Waals surface area contributed by atoms with Crippen LogP contribution in [0, 0.1) is 0 Å². The number of hydrogen-bond donors (Lipinski definition) is 2. The molecule has 0 unspecified atom stereocenters. The maximum absolute atomic E-state index is 13.1. The predicted octanol–water partition coefficient (Wildman–Crippen LogP) is 5.43. The van der Waals surface area contributed by atoms with Gasteiger partial charge in [-0.15, -0.1) is 21.5 Å². The molecule has 13 heteroatoms. The van der Waals surface area contributed by atoms with E-state index in [0.717, 1.165) is 39.9 Å². The molecule has 0 atom stereocenters. The van der Waals surface area contributed by atoms with Gasteiger partial charge in [0.2, 0.25) is 5.91 Å². The van der Waals surface area contributed by atoms with Crippen LogP contribution in [0.3, 0.4) is 0 Å². The molecule has 5 rings (SSSR count). The van der Waals surface area contributed by atoms with E-state index in [9.17, 15) is 14.4 Å². The van der Waals surface area contributed by atoms with Gasteiger partial charge in [-0.05, 0) is 80.3 Å². The number of aryl methyl sites for hydroxylation is 1. The molecule has 42 heavy (non-hydrogen) atoms. The third kappa shape index (κ3) is 6.69. The number of ether oxygens (including phenoxy) is 2. The van der Waals surface area contributed by atoms with Crippen molar-refractivity contribution < 1.29 is 23.9 Å². The molecular weight excluding hydrogens is 642 g/mol. The first kappa shape index (κ1) is 29.8. The summed E-state index contributed by atoms with van der Waals surface area (Å²) >= 11 is 6.11. The second kappa shape index (κ2) is 13.5. The van der Waals surface area contributed by atoms with Crippen molar-refractivity contribution in [3.05, 3.63) is 80.4 Å². The molecule has 0 aliphatic heterocycles. The molecule has 2 aromatic heterocycles. The van der Waals surface area contributed by atoms with Crippen molar-refractivity contribution in [1.29, 1.82) is 0 Å². The van der Waals surface area contributed by atoms with Crippen LogP contribution in [0.1, 0.15) is 50.3 Å². The van der Waals surface area contributed by atoms with Crippen molar-refractivity contribution in [2.75, 3.05) is 24.8 Å². The van der Waals surface area contributed by atoms with E-state index in [-0.39, 0.29) is 30.7 Å². The van der Waals surface area contributed by atoms with Crippen LogP contribution >= 0.6 is 39.0 Å². The van der Waals surface area contributed by atoms with Crippen molar-refractivity contribution >= 4 is 61.8 Å². The number of benzene rings is 2. The van der Waals surface area contributed by atoms with Crippen molar-refractivity contribution in [2.24, 2.45) is 0 Å². The van der Waals surface area contributed by atoms with Crippen molar-refractivity contribution in [3.63, 3.8) is 0 Å². The van der Waals surface area contributed by atoms with Crippen molar-refractivity contribution in [1.82, 2.24) is 20.1 Å². The Morgan fingerprint density at radius 2 is 1.83 bits per heavy atom. The Bertz CT molecular complexity index is 1600. The van der Waals surface area contributed by atoms with Gasteiger partial charge in [0.15, 0.2) is 11.0 Å². The monoisotopic (exact) mass is 669 g/mol. The first-order valence-electron chi connectivity index (χ1n) is 13.2. The minimum Gasteiger partial charge on any atom is -0.497 e. The largest absolute Gasteiger partial charge is 0.497 e. The number of hydrogen-bond acceptors (Lipinski definition) is 9. The molecule has 0 saturated heterocycles. The Balaban J connectivity index is 1.31. The number of amides is 2. The average molecular weight is 671 g/mol. The van der Waals surface area contributed by atoms with Gasteiger partial charge in [-0.25, -0.2) is 4.79 Å². The van der Waals surface area contributed by atoms with E-state index in [4.69, 9.17) is 9.47 Å². The Morgan fingerprint density at radius 1 is 1.07 bits per heavy atom. The number of halogens is 1. The first-order valence-corrected chi connectivity index (χ1v) is 15.8. The number of esters is 1. The second-order valence-corrected chi connectivity index (χ2v) is 12.2. The highest BCUT2D eigenvalue weighted by atomic mass is 79.9. The first-order chi connectivity index (χ1) is 20.4. The van der Waals surface area contributed by atoms with Crippen molar-refractivity contribution in [2.45, 2.75) is 37.9 Å². The van der Waals surface area contributed by atoms with Crippen LogP contribution < -0.4 is 15.4 Å². The summed E-state index contributed by atoms with van der Waals surface area (Å²) in [7, 11) is 1.57. The molecule has 0 fully saturated rings. The molecule has 2 aromatic carbocycles. The number of methoxy groups -OCH3 is 1. The number of thioether (sulfide) groups is 1. The third-order valence-corrected chi connectivity index (χ3v) is 9.20. The highest BCUT2D eigenvalue weighted by molar-refractivity contribution is 9.10. The molecule has 1 aliphatic rings. The summed E-state index contributed by atoms with van der Waals surface area (Å²) in [5.41, 5.74) is 2.72. The highest BCUT2D eigenvalue weighted by Crippen LogP contribution is 2.39. The zero-order valence-electron chi connectivity index (χ0n) is 22.9. The molecular formula is C29H28BrN5O5S2. The maximum atomic E-state index is 13.1. The van der Waals surface area contributed by atoms with Gasteiger partial charge in [-0.3, -0.25) is 14.2 Å². The maximum Gasteiger partial charge on any atom is 0.341 e. The van der Waals surface area contributed by atoms with Gasteiger partial charge in [0, 0.05) is 20.6 Å². The third-order valence-electron chi connectivity index (χ3n) is 6.53. The number of nitrogens with one attached hydrogen (secondary N) is 2. The molecule has 2 heterocycles. The van der Waals surface area contributed by atoms with E-state index < -0.39 is 5.97 Å². The topological polar surface area (TPSA) is 124 Å². The summed E-state index contributed by atoms with van der Waals surface area (Å²) in [6.45, 7) is 2.14. The minimum absolute atomic E-state index is 0.0394. The molecule has 218 valence electrons. The Morgan fingerprint density at radius 3 is 2.55 bits per heavy atom. The summed E-state index contributed by atoms with van der Waals surface area (Å²) in [6.07, 6.45) is 2.69. The van der Waals surface area contributed by atoms with Gasteiger partial charge in [-0.2, -0.15) is 0 Å². The van der Waals surface area contributed by atoms with Crippen LogP contribution in [0.15, 0.2) is 58.2 Å². The highest BCUT2D eigenvalue weighted by Gasteiger charge is 2.28. The van der Waals surface area contributed by atoms with Crippen LogP contribution in [0.4, 0.5) is 5.00 Å². The molecule has 0 bridgehead atoms. The molecule has 0 saturated carbocycles. The second-order valence-electron chi connectivity index (χ2n) is 9.24. The number of carbonyl (C=O) groups excluding carboxylic acids is 3. The summed E-state index contributed by atoms with van der Waals surface area (Å²) in [4.78, 5) is 39.6. The van der Waals surface area contributed by atoms with Gasteiger partial charge >= 0.3 is 5.97 Å². The van der Waals surface area contributed by atoms with Crippen LogP contribution in [0.5, 0.6) is 5.75 Å². The molecule has 0 spiro atoms. The lowest BCUT2D eigenvalue weighted by molar-refractivity contribution is -0.113. The number of carbonyl (C=O) groups is 3. The fourth-order valence-corrected chi connectivity index (χ4v) is 6.89. The molecule has 2 amide bonds. The zero-order valence-corrected chi connectivity index (χ0v) is 26.2. The quantitative estimate of drug-likeness (QED) is 0.160. The van der Waals surface area contributed by atoms with Crippen LogP contribution in [-0.2, 0) is 28.9 Å². The Kier molecular flexibility index (Phi) is 9.60. The number of fused-ring (bicyclic) bond motifs is 1. The summed E-state index contributed by atoms with van der Waals surface area (Å²) < 4.78 is 13.1. The van der Waals surface area contributed by atoms with Crippen LogP contribution in [-0.4, -0.2) is 52.0 Å². The zero-order chi connectivity index (χ0) is 29.6. The molecule has 10 nitrogen and oxygen atoms in total. The predicted molar refractivity (Wildman–Crippen MR) is 165 cm³/mol. The fourth-order valence-electron chi connectivity index (χ4n) is 4.57. The van der Waals surface area contributed by atoms with Gasteiger partial charge in [-0.1, -0.05) is 27.7 Å². The van der Waals surface area contributed by atoms with Gasteiger partial charge in [0.25, 0.3) is 5.91 Å². The van der Waals surface area contributed by atoms with Crippen LogP contribution in [0.2, 0.25) is 0 Å². The van der Waals surface area contributed by atoms with E-state index in [0.29, 0.717) is 32.9 Å². The van der Waals surface area contributed by atoms with Gasteiger partial charge in [0.1, 0.15) is 10.8 Å². The van der Waals surface area contributed by atoms with E-state index in [1.807, 2.05) is 28.8 Å². The average Bonchev–Trinajstić information content (AvgIpc) is 3.70. The lowest BCUT2D eigenvalue weighted by atomic mass is 10.1. The van der Waals surface area contributed by atoms with Crippen LogP contribution in [0.25, 0.3) is 5.69 Å². The molecule has 2 N–H and O–H groups in total.